The molecule has 20 heavy (non-hydrogen) atoms. The van der Waals surface area contributed by atoms with Crippen molar-refractivity contribution < 1.29 is 29.3 Å². The van der Waals surface area contributed by atoms with Crippen LogP contribution in [0.1, 0.15) is 40.0 Å². The monoisotopic (exact) mass is 292 g/mol. The molecule has 0 aromatic carbocycles. The first-order chi connectivity index (χ1) is 9.24. The van der Waals surface area contributed by atoms with Crippen LogP contribution >= 0.6 is 0 Å². The quantitative estimate of drug-likeness (QED) is 0.486. The summed E-state index contributed by atoms with van der Waals surface area (Å²) >= 11 is 0. The zero-order chi connectivity index (χ0) is 15.8. The van der Waals surface area contributed by atoms with Crippen LogP contribution in [-0.2, 0) is 9.47 Å². The van der Waals surface area contributed by atoms with E-state index in [0.29, 0.717) is 19.4 Å². The highest BCUT2D eigenvalue weighted by molar-refractivity contribution is 5.68. The summed E-state index contributed by atoms with van der Waals surface area (Å²) in [4.78, 5) is 22.5. The van der Waals surface area contributed by atoms with Crippen LogP contribution in [0, 0.1) is 5.41 Å². The standard InChI is InChI=1S/C12H24N2O6/c1-4-6-11(3,8-15)12(18,19-9(13)16)20-10(17)14-7-5-2/h15,18H,4-8H2,1-3H3,(H2,13,16)(H,14,17). The number of ether oxygens (including phenoxy) is 2. The van der Waals surface area contributed by atoms with Crippen LogP contribution in [0.25, 0.3) is 0 Å². The number of carbonyl (C=O) groups is 2. The number of carbonyl (C=O) groups excluding carboxylic acids is 2. The summed E-state index contributed by atoms with van der Waals surface area (Å²) in [5, 5.41) is 22.2. The Morgan fingerprint density at radius 1 is 1.25 bits per heavy atom. The second-order valence-corrected chi connectivity index (χ2v) is 4.79. The maximum Gasteiger partial charge on any atom is 0.412 e. The number of rotatable bonds is 8. The summed E-state index contributed by atoms with van der Waals surface area (Å²) in [5.74, 6) is -2.64. The van der Waals surface area contributed by atoms with Crippen molar-refractivity contribution >= 4 is 12.2 Å². The molecule has 0 aliphatic heterocycles. The third-order valence-electron chi connectivity index (χ3n) is 2.90. The summed E-state index contributed by atoms with van der Waals surface area (Å²) in [6, 6.07) is 0. The summed E-state index contributed by atoms with van der Waals surface area (Å²) in [7, 11) is 0. The second-order valence-electron chi connectivity index (χ2n) is 4.79. The van der Waals surface area contributed by atoms with Gasteiger partial charge >= 0.3 is 18.2 Å². The van der Waals surface area contributed by atoms with E-state index in [-0.39, 0.29) is 6.42 Å². The molecule has 0 saturated carbocycles. The van der Waals surface area contributed by atoms with E-state index in [2.05, 4.69) is 10.1 Å². The summed E-state index contributed by atoms with van der Waals surface area (Å²) in [5.41, 5.74) is 3.50. The maximum absolute atomic E-state index is 11.6. The normalized spacial score (nSPS) is 16.6. The van der Waals surface area contributed by atoms with Gasteiger partial charge in [0.1, 0.15) is 0 Å². The van der Waals surface area contributed by atoms with Gasteiger partial charge in [-0.05, 0) is 19.8 Å². The Kier molecular flexibility index (Phi) is 7.30. The molecule has 0 rings (SSSR count). The number of hydrogen-bond donors (Lipinski definition) is 4. The molecule has 0 fully saturated rings. The fourth-order valence-corrected chi connectivity index (χ4v) is 1.68. The molecule has 0 aliphatic carbocycles. The van der Waals surface area contributed by atoms with Gasteiger partial charge in [0, 0.05) is 6.54 Å². The van der Waals surface area contributed by atoms with Crippen molar-refractivity contribution in [1.29, 1.82) is 0 Å². The highest BCUT2D eigenvalue weighted by Gasteiger charge is 2.54. The molecule has 0 aromatic heterocycles. The third kappa shape index (κ3) is 4.86. The van der Waals surface area contributed by atoms with E-state index in [9.17, 15) is 19.8 Å². The van der Waals surface area contributed by atoms with Crippen molar-refractivity contribution in [2.24, 2.45) is 11.1 Å². The number of nitrogens with one attached hydrogen (secondary N) is 1. The summed E-state index contributed by atoms with van der Waals surface area (Å²) < 4.78 is 9.33. The molecule has 2 amide bonds. The van der Waals surface area contributed by atoms with Crippen LogP contribution in [0.4, 0.5) is 9.59 Å². The van der Waals surface area contributed by atoms with Crippen molar-refractivity contribution in [3.63, 3.8) is 0 Å². The SMILES string of the molecule is CCCNC(=O)OC(O)(OC(N)=O)C(C)(CO)CCC. The van der Waals surface area contributed by atoms with Gasteiger partial charge in [0.2, 0.25) is 0 Å². The van der Waals surface area contributed by atoms with Crippen molar-refractivity contribution in [3.8, 4) is 0 Å². The van der Waals surface area contributed by atoms with Gasteiger partial charge in [0.25, 0.3) is 0 Å². The molecule has 5 N–H and O–H groups in total. The predicted octanol–water partition coefficient (Wildman–Crippen LogP) is 0.663. The van der Waals surface area contributed by atoms with Crippen molar-refractivity contribution in [1.82, 2.24) is 5.32 Å². The number of alkyl carbamates (subject to hydrolysis) is 1. The van der Waals surface area contributed by atoms with E-state index in [1.54, 1.807) is 6.92 Å². The largest absolute Gasteiger partial charge is 0.412 e. The molecule has 8 heteroatoms. The van der Waals surface area contributed by atoms with Gasteiger partial charge in [-0.1, -0.05) is 20.3 Å². The molecule has 118 valence electrons. The van der Waals surface area contributed by atoms with Gasteiger partial charge in [-0.3, -0.25) is 0 Å². The molecular weight excluding hydrogens is 268 g/mol. The van der Waals surface area contributed by atoms with Gasteiger partial charge in [-0.25, -0.2) is 9.59 Å². The Bertz CT molecular complexity index is 338. The summed E-state index contributed by atoms with van der Waals surface area (Å²) in [6.45, 7) is 4.82. The Morgan fingerprint density at radius 2 is 1.85 bits per heavy atom. The first-order valence-electron chi connectivity index (χ1n) is 6.53. The molecule has 8 nitrogen and oxygen atoms in total. The lowest BCUT2D eigenvalue weighted by atomic mass is 9.83. The van der Waals surface area contributed by atoms with Crippen molar-refractivity contribution in [2.45, 2.75) is 46.0 Å². The molecule has 0 bridgehead atoms. The number of primary amides is 1. The molecule has 0 aliphatic rings. The van der Waals surface area contributed by atoms with Gasteiger partial charge in [0.05, 0.1) is 12.0 Å². The Hall–Kier alpha value is -1.54. The molecule has 0 spiro atoms. The number of amides is 2. The van der Waals surface area contributed by atoms with Crippen LogP contribution in [-0.4, -0.2) is 41.5 Å². The Labute approximate surface area is 118 Å². The fraction of sp³-hybridized carbons (Fsp3) is 0.833. The van der Waals surface area contributed by atoms with E-state index in [1.165, 1.54) is 6.92 Å². The average Bonchev–Trinajstić information content (AvgIpc) is 2.35. The topological polar surface area (TPSA) is 131 Å². The van der Waals surface area contributed by atoms with E-state index in [1.807, 2.05) is 6.92 Å². The lowest BCUT2D eigenvalue weighted by Gasteiger charge is -2.40. The molecule has 0 aromatic rings. The van der Waals surface area contributed by atoms with E-state index >= 15 is 0 Å². The lowest BCUT2D eigenvalue weighted by molar-refractivity contribution is -0.366. The Morgan fingerprint density at radius 3 is 2.25 bits per heavy atom. The van der Waals surface area contributed by atoms with Gasteiger partial charge < -0.3 is 30.7 Å². The average molecular weight is 292 g/mol. The zero-order valence-electron chi connectivity index (χ0n) is 12.1. The highest BCUT2D eigenvalue weighted by Crippen LogP contribution is 2.37. The first kappa shape index (κ1) is 18.5. The zero-order valence-corrected chi connectivity index (χ0v) is 12.1. The molecule has 2 atom stereocenters. The minimum atomic E-state index is -2.64. The first-order valence-corrected chi connectivity index (χ1v) is 6.53. The summed E-state index contributed by atoms with van der Waals surface area (Å²) in [6.07, 6.45) is -0.815. The van der Waals surface area contributed by atoms with Crippen LogP contribution in [0.2, 0.25) is 0 Å². The van der Waals surface area contributed by atoms with Crippen LogP contribution in [0.15, 0.2) is 0 Å². The van der Waals surface area contributed by atoms with E-state index in [0.717, 1.165) is 0 Å². The van der Waals surface area contributed by atoms with Crippen LogP contribution in [0.5, 0.6) is 0 Å². The smallest absolute Gasteiger partial charge is 0.395 e. The molecule has 0 radical (unpaired) electrons. The minimum Gasteiger partial charge on any atom is -0.395 e. The number of nitrogens with two attached hydrogens (primary N) is 1. The minimum absolute atomic E-state index is 0.244. The third-order valence-corrected chi connectivity index (χ3v) is 2.90. The molecule has 0 saturated heterocycles. The number of aliphatic hydroxyl groups is 2. The Balaban J connectivity index is 5.16. The molecular formula is C12H24N2O6. The lowest BCUT2D eigenvalue weighted by Crippen LogP contribution is -2.56. The van der Waals surface area contributed by atoms with E-state index in [4.69, 9.17) is 10.5 Å². The van der Waals surface area contributed by atoms with Gasteiger partial charge in [-0.15, -0.1) is 0 Å². The van der Waals surface area contributed by atoms with Crippen LogP contribution in [0.3, 0.4) is 0 Å². The number of hydrogen-bond acceptors (Lipinski definition) is 6. The fourth-order valence-electron chi connectivity index (χ4n) is 1.68. The second kappa shape index (κ2) is 7.91. The molecule has 2 unspecified atom stereocenters. The van der Waals surface area contributed by atoms with Crippen LogP contribution < -0.4 is 11.1 Å². The van der Waals surface area contributed by atoms with Crippen molar-refractivity contribution in [2.75, 3.05) is 13.2 Å². The van der Waals surface area contributed by atoms with Crippen molar-refractivity contribution in [3.05, 3.63) is 0 Å². The maximum atomic E-state index is 11.6. The van der Waals surface area contributed by atoms with E-state index < -0.39 is 30.2 Å². The predicted molar refractivity (Wildman–Crippen MR) is 70.5 cm³/mol. The number of aliphatic hydroxyl groups excluding tert-OH is 1. The van der Waals surface area contributed by atoms with Gasteiger partial charge in [0.15, 0.2) is 0 Å². The highest BCUT2D eigenvalue weighted by atomic mass is 16.8. The van der Waals surface area contributed by atoms with Gasteiger partial charge in [-0.2, -0.15) is 0 Å². The molecule has 0 heterocycles.